The zero-order valence-corrected chi connectivity index (χ0v) is 12.1. The Morgan fingerprint density at radius 1 is 1.00 bits per heavy atom. The lowest BCUT2D eigenvalue weighted by atomic mass is 10.2. The van der Waals surface area contributed by atoms with Crippen molar-refractivity contribution in [2.45, 2.75) is 6.18 Å². The highest BCUT2D eigenvalue weighted by Crippen LogP contribution is 2.32. The summed E-state index contributed by atoms with van der Waals surface area (Å²) in [7, 11) is 0. The number of nitrogens with one attached hydrogen (secondary N) is 1. The maximum absolute atomic E-state index is 12.5. The van der Waals surface area contributed by atoms with E-state index in [1.165, 1.54) is 23.5 Å². The molecule has 108 valence electrons. The zero-order chi connectivity index (χ0) is 14.9. The van der Waals surface area contributed by atoms with E-state index < -0.39 is 11.7 Å². The van der Waals surface area contributed by atoms with Crippen molar-refractivity contribution in [1.29, 1.82) is 0 Å². The molecule has 7 heteroatoms. The van der Waals surface area contributed by atoms with Gasteiger partial charge in [0.2, 0.25) is 0 Å². The van der Waals surface area contributed by atoms with E-state index in [1.54, 1.807) is 11.3 Å². The summed E-state index contributed by atoms with van der Waals surface area (Å²) in [6, 6.07) is 8.82. The second-order valence-corrected chi connectivity index (χ2v) is 6.02. The molecule has 0 radical (unpaired) electrons. The van der Waals surface area contributed by atoms with E-state index in [-0.39, 0.29) is 0 Å². The molecule has 0 bridgehead atoms. The van der Waals surface area contributed by atoms with Gasteiger partial charge in [-0.3, -0.25) is 0 Å². The Morgan fingerprint density at radius 3 is 2.38 bits per heavy atom. The van der Waals surface area contributed by atoms with Gasteiger partial charge >= 0.3 is 6.18 Å². The molecular weight excluding hydrogens is 317 g/mol. The van der Waals surface area contributed by atoms with Gasteiger partial charge < -0.3 is 5.32 Å². The number of hydrogen-bond donors (Lipinski definition) is 1. The molecule has 3 rings (SSSR count). The molecule has 2 aromatic heterocycles. The summed E-state index contributed by atoms with van der Waals surface area (Å²) in [6.07, 6.45) is -4.31. The minimum atomic E-state index is -4.31. The first kappa shape index (κ1) is 14.1. The fourth-order valence-corrected chi connectivity index (χ4v) is 3.23. The van der Waals surface area contributed by atoms with Crippen molar-refractivity contribution in [2.75, 3.05) is 5.32 Å². The Morgan fingerprint density at radius 2 is 1.76 bits per heavy atom. The number of anilines is 2. The van der Waals surface area contributed by atoms with Crippen LogP contribution in [-0.4, -0.2) is 4.98 Å². The Hall–Kier alpha value is -1.86. The normalized spacial score (nSPS) is 11.6. The van der Waals surface area contributed by atoms with Crippen LogP contribution in [0.4, 0.5) is 24.0 Å². The molecule has 0 saturated carbocycles. The van der Waals surface area contributed by atoms with E-state index in [1.807, 2.05) is 22.9 Å². The predicted molar refractivity (Wildman–Crippen MR) is 80.2 cm³/mol. The summed E-state index contributed by atoms with van der Waals surface area (Å²) in [6.45, 7) is 0. The van der Waals surface area contributed by atoms with Gasteiger partial charge in [0.05, 0.1) is 16.1 Å². The molecule has 1 aromatic carbocycles. The Balaban J connectivity index is 1.75. The molecule has 0 unspecified atom stereocenters. The average Bonchev–Trinajstić information content (AvgIpc) is 3.08. The summed E-state index contributed by atoms with van der Waals surface area (Å²) in [5, 5.41) is 7.55. The van der Waals surface area contributed by atoms with Crippen LogP contribution in [0, 0.1) is 0 Å². The van der Waals surface area contributed by atoms with Gasteiger partial charge in [-0.25, -0.2) is 4.98 Å². The van der Waals surface area contributed by atoms with E-state index in [0.29, 0.717) is 10.8 Å². The van der Waals surface area contributed by atoms with Crippen molar-refractivity contribution in [2.24, 2.45) is 0 Å². The summed E-state index contributed by atoms with van der Waals surface area (Å²) < 4.78 is 37.4. The topological polar surface area (TPSA) is 24.9 Å². The van der Waals surface area contributed by atoms with Crippen LogP contribution in [0.1, 0.15) is 5.56 Å². The third-order valence-electron chi connectivity index (χ3n) is 2.74. The van der Waals surface area contributed by atoms with Crippen LogP contribution < -0.4 is 5.32 Å². The fraction of sp³-hybridized carbons (Fsp3) is 0.0714. The SMILES string of the molecule is FC(F)(F)c1ccc(Nc2nc(-c3cccs3)cs2)cc1. The van der Waals surface area contributed by atoms with Crippen LogP contribution in [0.5, 0.6) is 0 Å². The van der Waals surface area contributed by atoms with Crippen LogP contribution in [0.2, 0.25) is 0 Å². The molecule has 0 spiro atoms. The maximum atomic E-state index is 12.5. The first-order valence-electron chi connectivity index (χ1n) is 5.96. The van der Waals surface area contributed by atoms with Gasteiger partial charge in [0, 0.05) is 11.1 Å². The van der Waals surface area contributed by atoms with Crippen LogP contribution in [0.15, 0.2) is 47.2 Å². The third kappa shape index (κ3) is 3.25. The summed E-state index contributed by atoms with van der Waals surface area (Å²) >= 11 is 3.01. The first-order valence-corrected chi connectivity index (χ1v) is 7.72. The largest absolute Gasteiger partial charge is 0.416 e. The monoisotopic (exact) mass is 326 g/mol. The van der Waals surface area contributed by atoms with E-state index in [9.17, 15) is 13.2 Å². The Kier molecular flexibility index (Phi) is 3.69. The fourth-order valence-electron chi connectivity index (χ4n) is 1.73. The molecule has 0 aliphatic heterocycles. The zero-order valence-electron chi connectivity index (χ0n) is 10.5. The van der Waals surface area contributed by atoms with Crippen molar-refractivity contribution < 1.29 is 13.2 Å². The van der Waals surface area contributed by atoms with Crippen molar-refractivity contribution in [3.05, 3.63) is 52.7 Å². The molecule has 0 saturated heterocycles. The third-order valence-corrected chi connectivity index (χ3v) is 4.39. The standard InChI is InChI=1S/C14H9F3N2S2/c15-14(16,17)9-3-5-10(6-4-9)18-13-19-11(8-21-13)12-2-1-7-20-12/h1-8H,(H,18,19). The minimum absolute atomic E-state index is 0.579. The van der Waals surface area contributed by atoms with Gasteiger partial charge in [-0.2, -0.15) is 13.2 Å². The number of alkyl halides is 3. The molecule has 3 aromatic rings. The lowest BCUT2D eigenvalue weighted by Crippen LogP contribution is -2.04. The van der Waals surface area contributed by atoms with E-state index >= 15 is 0 Å². The van der Waals surface area contributed by atoms with Crippen molar-refractivity contribution in [3.8, 4) is 10.6 Å². The van der Waals surface area contributed by atoms with Gasteiger partial charge in [0.25, 0.3) is 0 Å². The molecule has 0 fully saturated rings. The molecule has 0 atom stereocenters. The Bertz CT molecular complexity index is 716. The molecule has 0 aliphatic rings. The van der Waals surface area contributed by atoms with Crippen LogP contribution in [0.3, 0.4) is 0 Å². The average molecular weight is 326 g/mol. The summed E-state index contributed by atoms with van der Waals surface area (Å²) in [4.78, 5) is 5.48. The highest BCUT2D eigenvalue weighted by molar-refractivity contribution is 7.16. The molecular formula is C14H9F3N2S2. The predicted octanol–water partition coefficient (Wildman–Crippen LogP) is 5.63. The lowest BCUT2D eigenvalue weighted by molar-refractivity contribution is -0.137. The lowest BCUT2D eigenvalue weighted by Gasteiger charge is -2.07. The maximum Gasteiger partial charge on any atom is 0.416 e. The highest BCUT2D eigenvalue weighted by Gasteiger charge is 2.29. The van der Waals surface area contributed by atoms with Crippen LogP contribution in [-0.2, 0) is 6.18 Å². The number of nitrogens with zero attached hydrogens (tertiary/aromatic N) is 1. The molecule has 0 amide bonds. The number of rotatable bonds is 3. The van der Waals surface area contributed by atoms with Crippen molar-refractivity contribution in [3.63, 3.8) is 0 Å². The molecule has 2 heterocycles. The highest BCUT2D eigenvalue weighted by atomic mass is 32.1. The Labute approximate surface area is 126 Å². The number of thiazole rings is 1. The number of halogens is 3. The molecule has 21 heavy (non-hydrogen) atoms. The smallest absolute Gasteiger partial charge is 0.332 e. The van der Waals surface area contributed by atoms with Crippen molar-refractivity contribution >= 4 is 33.5 Å². The summed E-state index contributed by atoms with van der Waals surface area (Å²) in [5.41, 5.74) is 0.783. The minimum Gasteiger partial charge on any atom is -0.332 e. The van der Waals surface area contributed by atoms with E-state index in [0.717, 1.165) is 22.7 Å². The van der Waals surface area contributed by atoms with Crippen molar-refractivity contribution in [1.82, 2.24) is 4.98 Å². The summed E-state index contributed by atoms with van der Waals surface area (Å²) in [5.74, 6) is 0. The number of benzene rings is 1. The van der Waals surface area contributed by atoms with Gasteiger partial charge in [-0.05, 0) is 35.7 Å². The molecule has 2 nitrogen and oxygen atoms in total. The van der Waals surface area contributed by atoms with Crippen LogP contribution >= 0.6 is 22.7 Å². The number of aromatic nitrogens is 1. The molecule has 0 aliphatic carbocycles. The second-order valence-electron chi connectivity index (χ2n) is 4.22. The van der Waals surface area contributed by atoms with E-state index in [2.05, 4.69) is 10.3 Å². The number of hydrogen-bond acceptors (Lipinski definition) is 4. The quantitative estimate of drug-likeness (QED) is 0.674. The first-order chi connectivity index (χ1) is 10.0. The van der Waals surface area contributed by atoms with Gasteiger partial charge in [-0.15, -0.1) is 22.7 Å². The van der Waals surface area contributed by atoms with Crippen LogP contribution in [0.25, 0.3) is 10.6 Å². The van der Waals surface area contributed by atoms with Gasteiger partial charge in [0.15, 0.2) is 5.13 Å². The van der Waals surface area contributed by atoms with E-state index in [4.69, 9.17) is 0 Å². The van der Waals surface area contributed by atoms with Gasteiger partial charge in [-0.1, -0.05) is 6.07 Å². The number of thiophene rings is 1. The van der Waals surface area contributed by atoms with Gasteiger partial charge in [0.1, 0.15) is 0 Å². The molecule has 1 N–H and O–H groups in total. The second kappa shape index (κ2) is 5.50.